The van der Waals surface area contributed by atoms with Crippen LogP contribution in [0.15, 0.2) is 18.0 Å². The van der Waals surface area contributed by atoms with Crippen LogP contribution in [-0.2, 0) is 6.18 Å². The molecule has 10 nitrogen and oxygen atoms in total. The number of nitrogens with two attached hydrogens (primary N) is 1. The number of aryl methyl sites for hydroxylation is 1. The molecular formula is C33H37F5N8O2. The standard InChI is InChI=1S/C33H37F5N8O2/c1-16-24(33(36,37)38)20(11-22(39)40-16)26-25(35)27-23-29(46-13-19-3-4-21(41-19)28(46)17(2)48-30(23)42-26)44-31(43-27)47-15-32(7-8-32)14-45-9-5-18(12-34)6-10-45/h11-12,17,19,21,28,41H,3-10,13-15H2,1-2H3,(H2,39,40). The van der Waals surface area contributed by atoms with Gasteiger partial charge in [0.1, 0.15) is 34.3 Å². The normalized spacial score (nSPS) is 26.2. The van der Waals surface area contributed by atoms with E-state index in [4.69, 9.17) is 20.2 Å². The van der Waals surface area contributed by atoms with E-state index in [9.17, 15) is 17.6 Å². The van der Waals surface area contributed by atoms with Crippen molar-refractivity contribution in [1.82, 2.24) is 30.2 Å². The Labute approximate surface area is 273 Å². The van der Waals surface area contributed by atoms with Crippen molar-refractivity contribution in [3.8, 4) is 23.1 Å². The number of nitrogen functional groups attached to an aromatic ring is 1. The van der Waals surface area contributed by atoms with E-state index in [0.717, 1.165) is 57.0 Å². The van der Waals surface area contributed by atoms with E-state index in [-0.39, 0.29) is 58.8 Å². The van der Waals surface area contributed by atoms with Crippen molar-refractivity contribution in [2.75, 3.05) is 43.4 Å². The van der Waals surface area contributed by atoms with Gasteiger partial charge in [0.15, 0.2) is 5.82 Å². The van der Waals surface area contributed by atoms with Gasteiger partial charge in [-0.05, 0) is 64.0 Å². The number of nitrogens with zero attached hydrogens (tertiary/aromatic N) is 6. The Kier molecular flexibility index (Phi) is 7.44. The first-order valence-electron chi connectivity index (χ1n) is 16.5. The number of nitrogens with one attached hydrogen (secondary N) is 1. The highest BCUT2D eigenvalue weighted by molar-refractivity contribution is 5.97. The number of piperidine rings is 1. The molecule has 1 aliphatic carbocycles. The number of piperazine rings is 1. The number of fused-ring (bicyclic) bond motifs is 5. The molecule has 7 heterocycles. The molecule has 1 saturated carbocycles. The second-order valence-corrected chi connectivity index (χ2v) is 14.0. The van der Waals surface area contributed by atoms with Crippen LogP contribution >= 0.6 is 0 Å². The van der Waals surface area contributed by atoms with Crippen LogP contribution < -0.4 is 25.4 Å². The molecule has 0 spiro atoms. The first kappa shape index (κ1) is 31.4. The maximum atomic E-state index is 16.8. The Bertz CT molecular complexity index is 1810. The fraction of sp³-hybridized carbons (Fsp3) is 0.576. The third-order valence-electron chi connectivity index (χ3n) is 10.7. The lowest BCUT2D eigenvalue weighted by molar-refractivity contribution is -0.137. The molecule has 3 aromatic rings. The summed E-state index contributed by atoms with van der Waals surface area (Å²) in [6, 6.07) is 0.980. The molecule has 0 radical (unpaired) electrons. The summed E-state index contributed by atoms with van der Waals surface area (Å²) < 4.78 is 85.6. The van der Waals surface area contributed by atoms with Crippen LogP contribution in [0.4, 0.5) is 33.6 Å². The molecule has 3 saturated heterocycles. The van der Waals surface area contributed by atoms with Crippen molar-refractivity contribution in [2.45, 2.75) is 82.8 Å². The van der Waals surface area contributed by atoms with Gasteiger partial charge in [0.2, 0.25) is 5.88 Å². The fourth-order valence-corrected chi connectivity index (χ4v) is 8.10. The summed E-state index contributed by atoms with van der Waals surface area (Å²) in [5, 5.41) is 3.83. The number of hydrogen-bond donors (Lipinski definition) is 2. The first-order chi connectivity index (χ1) is 22.9. The van der Waals surface area contributed by atoms with Gasteiger partial charge in [-0.3, -0.25) is 0 Å². The average molecular weight is 673 g/mol. The Morgan fingerprint density at radius 1 is 1.15 bits per heavy atom. The quantitative estimate of drug-likeness (QED) is 0.333. The molecule has 4 aliphatic heterocycles. The molecule has 15 heteroatoms. The summed E-state index contributed by atoms with van der Waals surface area (Å²) in [6.45, 7) is 6.23. The van der Waals surface area contributed by atoms with Gasteiger partial charge in [-0.2, -0.15) is 23.1 Å². The molecule has 3 N–H and O–H groups in total. The summed E-state index contributed by atoms with van der Waals surface area (Å²) in [7, 11) is 0. The van der Waals surface area contributed by atoms with Crippen molar-refractivity contribution in [3.63, 3.8) is 0 Å². The molecule has 0 aromatic carbocycles. The summed E-state index contributed by atoms with van der Waals surface area (Å²) in [4.78, 5) is 21.9. The van der Waals surface area contributed by atoms with E-state index < -0.39 is 40.6 Å². The molecule has 4 fully saturated rings. The monoisotopic (exact) mass is 672 g/mol. The van der Waals surface area contributed by atoms with E-state index in [1.54, 1.807) is 0 Å². The molecule has 8 rings (SSSR count). The summed E-state index contributed by atoms with van der Waals surface area (Å²) >= 11 is 0. The number of halogens is 5. The molecular weight excluding hydrogens is 635 g/mol. The molecule has 3 aromatic heterocycles. The maximum absolute atomic E-state index is 16.8. The van der Waals surface area contributed by atoms with Crippen molar-refractivity contribution < 1.29 is 31.4 Å². The zero-order chi connectivity index (χ0) is 33.5. The molecule has 256 valence electrons. The number of alkyl halides is 3. The van der Waals surface area contributed by atoms with E-state index >= 15 is 4.39 Å². The third kappa shape index (κ3) is 5.38. The number of ether oxygens (including phenoxy) is 2. The number of pyridine rings is 2. The van der Waals surface area contributed by atoms with E-state index in [0.29, 0.717) is 31.5 Å². The summed E-state index contributed by atoms with van der Waals surface area (Å²) in [5.41, 5.74) is 3.67. The second kappa shape index (κ2) is 11.4. The van der Waals surface area contributed by atoms with E-state index in [1.807, 2.05) is 6.92 Å². The fourth-order valence-electron chi connectivity index (χ4n) is 8.10. The second-order valence-electron chi connectivity index (χ2n) is 14.0. The lowest BCUT2D eigenvalue weighted by Crippen LogP contribution is -2.62. The molecule has 0 amide bonds. The van der Waals surface area contributed by atoms with Gasteiger partial charge in [-0.1, -0.05) is 0 Å². The molecule has 4 unspecified atom stereocenters. The van der Waals surface area contributed by atoms with E-state index in [2.05, 4.69) is 30.1 Å². The predicted molar refractivity (Wildman–Crippen MR) is 168 cm³/mol. The van der Waals surface area contributed by atoms with Gasteiger partial charge in [0.25, 0.3) is 0 Å². The van der Waals surface area contributed by atoms with Crippen molar-refractivity contribution in [2.24, 2.45) is 5.41 Å². The average Bonchev–Trinajstić information content (AvgIpc) is 3.73. The zero-order valence-corrected chi connectivity index (χ0v) is 26.7. The number of hydrogen-bond acceptors (Lipinski definition) is 10. The Morgan fingerprint density at radius 2 is 1.92 bits per heavy atom. The predicted octanol–water partition coefficient (Wildman–Crippen LogP) is 5.33. The lowest BCUT2D eigenvalue weighted by atomic mass is 9.99. The summed E-state index contributed by atoms with van der Waals surface area (Å²) in [6.07, 6.45) is 0.494. The van der Waals surface area contributed by atoms with Crippen LogP contribution in [-0.4, -0.2) is 81.9 Å². The first-order valence-corrected chi connectivity index (χ1v) is 16.5. The third-order valence-corrected chi connectivity index (χ3v) is 10.7. The maximum Gasteiger partial charge on any atom is 0.418 e. The molecule has 48 heavy (non-hydrogen) atoms. The summed E-state index contributed by atoms with van der Waals surface area (Å²) in [5.74, 6) is -0.920. The molecule has 2 bridgehead atoms. The highest BCUT2D eigenvalue weighted by Gasteiger charge is 2.48. The van der Waals surface area contributed by atoms with Gasteiger partial charge >= 0.3 is 12.2 Å². The molecule has 5 aliphatic rings. The van der Waals surface area contributed by atoms with Crippen LogP contribution in [0.3, 0.4) is 0 Å². The number of likely N-dealkylation sites (tertiary alicyclic amines) is 1. The van der Waals surface area contributed by atoms with Crippen molar-refractivity contribution >= 4 is 22.5 Å². The van der Waals surface area contributed by atoms with Crippen LogP contribution in [0.2, 0.25) is 0 Å². The Balaban J connectivity index is 1.23. The number of anilines is 2. The van der Waals surface area contributed by atoms with Gasteiger partial charge in [0, 0.05) is 49.2 Å². The zero-order valence-electron chi connectivity index (χ0n) is 26.7. The van der Waals surface area contributed by atoms with Crippen LogP contribution in [0.5, 0.6) is 11.9 Å². The number of aromatic nitrogens is 4. The van der Waals surface area contributed by atoms with Gasteiger partial charge in [0.05, 0.1) is 30.2 Å². The largest absolute Gasteiger partial charge is 0.472 e. The molecule has 4 atom stereocenters. The Morgan fingerprint density at radius 3 is 2.62 bits per heavy atom. The lowest BCUT2D eigenvalue weighted by Gasteiger charge is -2.42. The topological polar surface area (TPSA) is 115 Å². The smallest absolute Gasteiger partial charge is 0.418 e. The van der Waals surface area contributed by atoms with E-state index in [1.165, 1.54) is 6.92 Å². The highest BCUT2D eigenvalue weighted by atomic mass is 19.4. The minimum absolute atomic E-state index is 0.0488. The van der Waals surface area contributed by atoms with Crippen LogP contribution in [0, 0.1) is 18.2 Å². The van der Waals surface area contributed by atoms with Gasteiger partial charge in [-0.15, -0.1) is 0 Å². The van der Waals surface area contributed by atoms with Gasteiger partial charge < -0.3 is 30.3 Å². The number of rotatable bonds is 6. The highest BCUT2D eigenvalue weighted by Crippen LogP contribution is 2.49. The van der Waals surface area contributed by atoms with Gasteiger partial charge in [-0.25, -0.2) is 18.7 Å². The minimum atomic E-state index is -4.86. The minimum Gasteiger partial charge on any atom is -0.472 e. The van der Waals surface area contributed by atoms with Crippen LogP contribution in [0.1, 0.15) is 56.7 Å². The Hall–Kier alpha value is -3.85. The van der Waals surface area contributed by atoms with Crippen LogP contribution in [0.25, 0.3) is 22.2 Å². The van der Waals surface area contributed by atoms with Crippen molar-refractivity contribution in [1.29, 1.82) is 0 Å². The van der Waals surface area contributed by atoms with Crippen molar-refractivity contribution in [3.05, 3.63) is 35.0 Å². The SMILES string of the molecule is Cc1nc(N)cc(-c2nc3c4c(nc(OCC5(CN6CCC(=CF)CC6)CC5)nc4c2F)N2CC4CCC(N4)C2C(C)O3)c1C(F)(F)F.